The second kappa shape index (κ2) is 4.78. The van der Waals surface area contributed by atoms with Crippen LogP contribution >= 0.6 is 27.3 Å². The van der Waals surface area contributed by atoms with E-state index in [4.69, 9.17) is 0 Å². The predicted octanol–water partition coefficient (Wildman–Crippen LogP) is 4.17. The summed E-state index contributed by atoms with van der Waals surface area (Å²) in [4.78, 5) is 6.92. The van der Waals surface area contributed by atoms with Gasteiger partial charge in [0, 0.05) is 29.7 Å². The van der Waals surface area contributed by atoms with E-state index in [2.05, 4.69) is 50.1 Å². The van der Waals surface area contributed by atoms with Crippen molar-refractivity contribution in [2.75, 3.05) is 18.0 Å². The molecule has 0 bridgehead atoms. The second-order valence-corrected chi connectivity index (χ2v) is 5.89. The highest BCUT2D eigenvalue weighted by molar-refractivity contribution is 9.10. The third-order valence-corrected chi connectivity index (χ3v) is 4.64. The first-order chi connectivity index (χ1) is 8.33. The minimum atomic E-state index is 0.920. The Morgan fingerprint density at radius 2 is 2.06 bits per heavy atom. The first-order valence-corrected chi connectivity index (χ1v) is 7.46. The number of aromatic nitrogens is 1. The van der Waals surface area contributed by atoms with Gasteiger partial charge in [0.05, 0.1) is 0 Å². The molecule has 17 heavy (non-hydrogen) atoms. The molecular formula is C13H13BrN2S. The number of anilines is 1. The highest BCUT2D eigenvalue weighted by Crippen LogP contribution is 2.30. The fourth-order valence-electron chi connectivity index (χ4n) is 2.20. The molecule has 2 aromatic rings. The molecule has 0 saturated carbocycles. The molecule has 0 amide bonds. The third-order valence-electron chi connectivity index (χ3n) is 3.04. The van der Waals surface area contributed by atoms with Crippen molar-refractivity contribution in [2.45, 2.75) is 12.8 Å². The van der Waals surface area contributed by atoms with Gasteiger partial charge in [-0.3, -0.25) is 0 Å². The van der Waals surface area contributed by atoms with E-state index in [-0.39, 0.29) is 0 Å². The summed E-state index contributed by atoms with van der Waals surface area (Å²) in [7, 11) is 0. The van der Waals surface area contributed by atoms with Crippen LogP contribution in [-0.4, -0.2) is 18.1 Å². The van der Waals surface area contributed by atoms with Crippen molar-refractivity contribution in [1.29, 1.82) is 0 Å². The van der Waals surface area contributed by atoms with E-state index < -0.39 is 0 Å². The van der Waals surface area contributed by atoms with Crippen LogP contribution in [0.1, 0.15) is 12.8 Å². The summed E-state index contributed by atoms with van der Waals surface area (Å²) < 4.78 is 0.920. The predicted molar refractivity (Wildman–Crippen MR) is 76.7 cm³/mol. The van der Waals surface area contributed by atoms with Gasteiger partial charge in [0.1, 0.15) is 9.61 Å². The van der Waals surface area contributed by atoms with Crippen LogP contribution in [0.2, 0.25) is 0 Å². The smallest absolute Gasteiger partial charge is 0.124 e. The summed E-state index contributed by atoms with van der Waals surface area (Å²) in [6.07, 6.45) is 2.63. The molecule has 0 N–H and O–H groups in total. The van der Waals surface area contributed by atoms with Crippen molar-refractivity contribution < 1.29 is 0 Å². The van der Waals surface area contributed by atoms with Gasteiger partial charge in [0.15, 0.2) is 0 Å². The zero-order chi connectivity index (χ0) is 11.7. The molecule has 4 heteroatoms. The average Bonchev–Trinajstić information content (AvgIpc) is 3.00. The largest absolute Gasteiger partial charge is 0.372 e. The van der Waals surface area contributed by atoms with Gasteiger partial charge in [-0.2, -0.15) is 0 Å². The van der Waals surface area contributed by atoms with Gasteiger partial charge >= 0.3 is 0 Å². The van der Waals surface area contributed by atoms with Crippen LogP contribution < -0.4 is 4.90 Å². The standard InChI is InChI=1S/C13H13BrN2S/c14-12-9-17-13(15-12)10-4-3-5-11(8-10)16-6-1-2-7-16/h3-5,8-9H,1-2,6-7H2. The number of halogens is 1. The molecule has 2 nitrogen and oxygen atoms in total. The van der Waals surface area contributed by atoms with Gasteiger partial charge in [0.2, 0.25) is 0 Å². The highest BCUT2D eigenvalue weighted by Gasteiger charge is 2.13. The zero-order valence-corrected chi connectivity index (χ0v) is 11.8. The fraction of sp³-hybridized carbons (Fsp3) is 0.308. The lowest BCUT2D eigenvalue weighted by molar-refractivity contribution is 0.949. The first-order valence-electron chi connectivity index (χ1n) is 5.79. The summed E-state index contributed by atoms with van der Waals surface area (Å²) >= 11 is 5.08. The Morgan fingerprint density at radius 3 is 2.76 bits per heavy atom. The molecule has 0 aliphatic carbocycles. The summed E-state index contributed by atoms with van der Waals surface area (Å²) in [5.41, 5.74) is 2.54. The number of hydrogen-bond acceptors (Lipinski definition) is 3. The first kappa shape index (κ1) is 11.2. The van der Waals surface area contributed by atoms with E-state index in [9.17, 15) is 0 Å². The number of benzene rings is 1. The van der Waals surface area contributed by atoms with Crippen molar-refractivity contribution in [2.24, 2.45) is 0 Å². The van der Waals surface area contributed by atoms with Gasteiger partial charge in [-0.1, -0.05) is 12.1 Å². The summed E-state index contributed by atoms with van der Waals surface area (Å²) in [5.74, 6) is 0. The highest BCUT2D eigenvalue weighted by atomic mass is 79.9. The maximum absolute atomic E-state index is 4.47. The van der Waals surface area contributed by atoms with Crippen molar-refractivity contribution in [3.63, 3.8) is 0 Å². The van der Waals surface area contributed by atoms with E-state index >= 15 is 0 Å². The summed E-state index contributed by atoms with van der Waals surface area (Å²) in [6.45, 7) is 2.37. The van der Waals surface area contributed by atoms with E-state index in [1.165, 1.54) is 37.2 Å². The van der Waals surface area contributed by atoms with E-state index in [0.29, 0.717) is 0 Å². The Morgan fingerprint density at radius 1 is 1.24 bits per heavy atom. The quantitative estimate of drug-likeness (QED) is 0.827. The van der Waals surface area contributed by atoms with Gasteiger partial charge in [0.25, 0.3) is 0 Å². The summed E-state index contributed by atoms with van der Waals surface area (Å²) in [6, 6.07) is 8.69. The molecule has 2 heterocycles. The number of thiazole rings is 1. The molecule has 88 valence electrons. The van der Waals surface area contributed by atoms with Crippen molar-refractivity contribution >= 4 is 33.0 Å². The van der Waals surface area contributed by atoms with Gasteiger partial charge in [-0.15, -0.1) is 11.3 Å². The summed E-state index contributed by atoms with van der Waals surface area (Å²) in [5, 5.41) is 3.11. The number of rotatable bonds is 2. The molecular weight excluding hydrogens is 296 g/mol. The van der Waals surface area contributed by atoms with Crippen LogP contribution in [-0.2, 0) is 0 Å². The Labute approximate surface area is 113 Å². The Kier molecular flexibility index (Phi) is 3.16. The Hall–Kier alpha value is -0.870. The van der Waals surface area contributed by atoms with E-state index in [0.717, 1.165) is 9.61 Å². The minimum Gasteiger partial charge on any atom is -0.372 e. The van der Waals surface area contributed by atoms with Crippen molar-refractivity contribution in [1.82, 2.24) is 4.98 Å². The molecule has 0 atom stereocenters. The lowest BCUT2D eigenvalue weighted by Gasteiger charge is -2.17. The van der Waals surface area contributed by atoms with Crippen LogP contribution in [0.4, 0.5) is 5.69 Å². The van der Waals surface area contributed by atoms with Crippen LogP contribution in [0.5, 0.6) is 0 Å². The second-order valence-electron chi connectivity index (χ2n) is 4.22. The SMILES string of the molecule is Brc1csc(-c2cccc(N3CCCC3)c2)n1. The topological polar surface area (TPSA) is 16.1 Å². The molecule has 3 rings (SSSR count). The zero-order valence-electron chi connectivity index (χ0n) is 9.40. The molecule has 1 aromatic heterocycles. The maximum atomic E-state index is 4.47. The molecule has 1 fully saturated rings. The minimum absolute atomic E-state index is 0.920. The van der Waals surface area contributed by atoms with Crippen LogP contribution in [0, 0.1) is 0 Å². The lowest BCUT2D eigenvalue weighted by atomic mass is 10.2. The van der Waals surface area contributed by atoms with Crippen LogP contribution in [0.15, 0.2) is 34.2 Å². The molecule has 0 radical (unpaired) electrons. The normalized spacial score (nSPS) is 15.5. The van der Waals surface area contributed by atoms with Gasteiger partial charge < -0.3 is 4.90 Å². The fourth-order valence-corrected chi connectivity index (χ4v) is 3.45. The van der Waals surface area contributed by atoms with E-state index in [1.807, 2.05) is 5.38 Å². The monoisotopic (exact) mass is 308 g/mol. The molecule has 1 aromatic carbocycles. The maximum Gasteiger partial charge on any atom is 0.124 e. The lowest BCUT2D eigenvalue weighted by Crippen LogP contribution is -2.17. The van der Waals surface area contributed by atoms with Crippen molar-refractivity contribution in [3.05, 3.63) is 34.2 Å². The molecule has 0 unspecified atom stereocenters. The number of nitrogens with zero attached hydrogens (tertiary/aromatic N) is 2. The average molecular weight is 309 g/mol. The van der Waals surface area contributed by atoms with Gasteiger partial charge in [-0.25, -0.2) is 4.98 Å². The van der Waals surface area contributed by atoms with Gasteiger partial charge in [-0.05, 0) is 40.9 Å². The molecule has 1 saturated heterocycles. The Bertz CT molecular complexity index is 518. The molecule has 0 spiro atoms. The molecule has 1 aliphatic rings. The van der Waals surface area contributed by atoms with Crippen LogP contribution in [0.25, 0.3) is 10.6 Å². The Balaban J connectivity index is 1.93. The van der Waals surface area contributed by atoms with E-state index in [1.54, 1.807) is 11.3 Å². The third kappa shape index (κ3) is 2.38. The van der Waals surface area contributed by atoms with Crippen LogP contribution in [0.3, 0.4) is 0 Å². The van der Waals surface area contributed by atoms with Crippen molar-refractivity contribution in [3.8, 4) is 10.6 Å². The molecule has 1 aliphatic heterocycles. The number of hydrogen-bond donors (Lipinski definition) is 0.